The van der Waals surface area contributed by atoms with Crippen molar-refractivity contribution in [1.29, 1.82) is 0 Å². The molecule has 1 aromatic heterocycles. The topological polar surface area (TPSA) is 85.6 Å². The van der Waals surface area contributed by atoms with Crippen molar-refractivity contribution in [2.45, 2.75) is 26.2 Å². The molecular weight excluding hydrogens is 598 g/mol. The number of nitrogens with zero attached hydrogens (tertiary/aromatic N) is 3. The van der Waals surface area contributed by atoms with Crippen LogP contribution in [-0.4, -0.2) is 28.4 Å². The van der Waals surface area contributed by atoms with Gasteiger partial charge >= 0.3 is 0 Å². The number of ether oxygens (including phenoxy) is 1. The van der Waals surface area contributed by atoms with Gasteiger partial charge in [0.05, 0.1) is 32.9 Å². The smallest absolute Gasteiger partial charge is 0.282 e. The van der Waals surface area contributed by atoms with Gasteiger partial charge in [0.2, 0.25) is 0 Å². The van der Waals surface area contributed by atoms with Crippen LogP contribution in [0.15, 0.2) is 69.0 Å². The number of halogens is 4. The van der Waals surface area contributed by atoms with E-state index < -0.39 is 18.3 Å². The number of hydrogen-bond acceptors (Lipinski definition) is 5. The third-order valence-corrected chi connectivity index (χ3v) is 6.78. The van der Waals surface area contributed by atoms with Crippen LogP contribution < -0.4 is 15.6 Å². The van der Waals surface area contributed by atoms with Crippen molar-refractivity contribution in [3.8, 4) is 5.75 Å². The molecule has 38 heavy (non-hydrogen) atoms. The summed E-state index contributed by atoms with van der Waals surface area (Å²) in [6.45, 7) is 3.54. The molecule has 1 heterocycles. The van der Waals surface area contributed by atoms with E-state index in [0.717, 1.165) is 10.9 Å². The Morgan fingerprint density at radius 3 is 2.61 bits per heavy atom. The van der Waals surface area contributed by atoms with Crippen molar-refractivity contribution < 1.29 is 13.9 Å². The summed E-state index contributed by atoms with van der Waals surface area (Å²) in [5.41, 5.74) is 0.819. The fourth-order valence-electron chi connectivity index (χ4n) is 3.58. The first kappa shape index (κ1) is 27.8. The van der Waals surface area contributed by atoms with Gasteiger partial charge in [0.15, 0.2) is 12.4 Å². The Balaban J connectivity index is 1.58. The average molecular weight is 620 g/mol. The summed E-state index contributed by atoms with van der Waals surface area (Å²) in [7, 11) is 0. The highest BCUT2D eigenvalue weighted by atomic mass is 79.9. The van der Waals surface area contributed by atoms with Crippen molar-refractivity contribution in [2.75, 3.05) is 11.9 Å². The molecule has 1 amide bonds. The summed E-state index contributed by atoms with van der Waals surface area (Å²) in [6.07, 6.45) is 2.21. The minimum atomic E-state index is -0.583. The number of fused-ring (bicyclic) bond motifs is 1. The van der Waals surface area contributed by atoms with E-state index >= 15 is 0 Å². The molecule has 4 rings (SSSR count). The Labute approximate surface area is 236 Å². The molecular formula is C27H22BrCl2FN4O3. The molecule has 7 nitrogen and oxygen atoms in total. The Hall–Kier alpha value is -3.27. The molecule has 0 saturated heterocycles. The summed E-state index contributed by atoms with van der Waals surface area (Å²) < 4.78 is 21.3. The van der Waals surface area contributed by atoms with E-state index in [1.165, 1.54) is 29.1 Å². The summed E-state index contributed by atoms with van der Waals surface area (Å²) in [4.78, 5) is 30.2. The Morgan fingerprint density at radius 1 is 1.21 bits per heavy atom. The number of anilines is 1. The molecule has 0 saturated carbocycles. The molecule has 0 fully saturated rings. The minimum Gasteiger partial charge on any atom is -0.481 e. The first-order valence-corrected chi connectivity index (χ1v) is 13.2. The van der Waals surface area contributed by atoms with Crippen molar-refractivity contribution in [1.82, 2.24) is 9.66 Å². The van der Waals surface area contributed by atoms with Crippen LogP contribution in [0.3, 0.4) is 0 Å². The number of rotatable bonds is 8. The Bertz CT molecular complexity index is 1590. The first-order chi connectivity index (χ1) is 18.2. The van der Waals surface area contributed by atoms with Crippen molar-refractivity contribution >= 4 is 67.8 Å². The van der Waals surface area contributed by atoms with Gasteiger partial charge in [-0.3, -0.25) is 9.59 Å². The minimum absolute atomic E-state index is 0.0219. The molecule has 0 aliphatic rings. The lowest BCUT2D eigenvalue weighted by molar-refractivity contribution is -0.118. The average Bonchev–Trinajstić information content (AvgIpc) is 2.88. The lowest BCUT2D eigenvalue weighted by atomic mass is 10.1. The maximum Gasteiger partial charge on any atom is 0.282 e. The van der Waals surface area contributed by atoms with E-state index in [4.69, 9.17) is 27.9 Å². The van der Waals surface area contributed by atoms with Crippen LogP contribution in [-0.2, 0) is 4.79 Å². The maximum atomic E-state index is 13.8. The van der Waals surface area contributed by atoms with Crippen LogP contribution in [0.25, 0.3) is 10.9 Å². The third kappa shape index (κ3) is 6.23. The zero-order valence-corrected chi connectivity index (χ0v) is 23.4. The van der Waals surface area contributed by atoms with Gasteiger partial charge in [-0.15, -0.1) is 0 Å². The van der Waals surface area contributed by atoms with E-state index in [0.29, 0.717) is 22.3 Å². The van der Waals surface area contributed by atoms with Gasteiger partial charge in [-0.1, -0.05) is 65.1 Å². The highest BCUT2D eigenvalue weighted by Gasteiger charge is 2.16. The van der Waals surface area contributed by atoms with Crippen LogP contribution in [0.5, 0.6) is 5.75 Å². The monoisotopic (exact) mass is 618 g/mol. The molecule has 11 heteroatoms. The number of hydrogen-bond donors (Lipinski definition) is 1. The van der Waals surface area contributed by atoms with E-state index in [-0.39, 0.29) is 33.0 Å². The molecule has 0 unspecified atom stereocenters. The van der Waals surface area contributed by atoms with Gasteiger partial charge in [-0.05, 0) is 54.4 Å². The molecule has 0 aliphatic heterocycles. The number of carbonyl (C=O) groups is 1. The zero-order valence-electron chi connectivity index (χ0n) is 20.3. The number of para-hydroxylation sites is 1. The normalized spacial score (nSPS) is 12.2. The fourth-order valence-corrected chi connectivity index (χ4v) is 4.56. The molecule has 1 N–H and O–H groups in total. The van der Waals surface area contributed by atoms with E-state index in [2.05, 4.69) is 31.3 Å². The Kier molecular flexibility index (Phi) is 8.81. The summed E-state index contributed by atoms with van der Waals surface area (Å²) in [6, 6.07) is 14.2. The number of amides is 1. The highest BCUT2D eigenvalue weighted by molar-refractivity contribution is 9.10. The first-order valence-electron chi connectivity index (χ1n) is 11.6. The van der Waals surface area contributed by atoms with E-state index in [9.17, 15) is 14.0 Å². The van der Waals surface area contributed by atoms with Gasteiger partial charge < -0.3 is 10.1 Å². The third-order valence-electron chi connectivity index (χ3n) is 5.72. The molecule has 0 aliphatic carbocycles. The predicted octanol–water partition coefficient (Wildman–Crippen LogP) is 7.02. The molecule has 4 aromatic rings. The van der Waals surface area contributed by atoms with Crippen LogP contribution in [0.4, 0.5) is 10.1 Å². The molecule has 196 valence electrons. The van der Waals surface area contributed by atoms with Crippen molar-refractivity contribution in [3.05, 3.63) is 96.7 Å². The van der Waals surface area contributed by atoms with Crippen LogP contribution in [0.1, 0.15) is 37.6 Å². The molecule has 0 bridgehead atoms. The highest BCUT2D eigenvalue weighted by Crippen LogP contribution is 2.34. The molecule has 1 atom stereocenters. The molecule has 0 spiro atoms. The summed E-state index contributed by atoms with van der Waals surface area (Å²) in [5.74, 6) is -0.553. The van der Waals surface area contributed by atoms with Crippen LogP contribution in [0.2, 0.25) is 10.0 Å². The van der Waals surface area contributed by atoms with Crippen molar-refractivity contribution in [3.63, 3.8) is 0 Å². The Morgan fingerprint density at radius 2 is 1.92 bits per heavy atom. The number of benzene rings is 3. The van der Waals surface area contributed by atoms with E-state index in [1.54, 1.807) is 30.3 Å². The number of nitrogens with one attached hydrogen (secondary N) is 1. The SMILES string of the molecule is CC[C@H](C)c1nc2ccc(Br)cc2c(=O)n1N=Cc1cc(Cl)c(OCC(=O)Nc2ccccc2F)c(Cl)c1. The lowest BCUT2D eigenvalue weighted by Gasteiger charge is -2.14. The standard InChI is InChI=1S/C27H22BrCl2FN4O3/c1-3-15(2)26-34-22-9-8-17(28)12-18(22)27(37)35(26)32-13-16-10-19(29)25(20(30)11-16)38-14-24(36)33-23-7-5-4-6-21(23)31/h4-13,15H,3,14H2,1-2H3,(H,33,36)/t15-/m0/s1. The second kappa shape index (κ2) is 12.1. The van der Waals surface area contributed by atoms with Gasteiger partial charge in [0.25, 0.3) is 11.5 Å². The largest absolute Gasteiger partial charge is 0.481 e. The second-order valence-corrected chi connectivity index (χ2v) is 10.2. The number of carbonyl (C=O) groups excluding carboxylic acids is 1. The van der Waals surface area contributed by atoms with Gasteiger partial charge in [-0.25, -0.2) is 9.37 Å². The second-order valence-electron chi connectivity index (χ2n) is 8.43. The fraction of sp³-hybridized carbons (Fsp3) is 0.185. The number of aromatic nitrogens is 2. The summed E-state index contributed by atoms with van der Waals surface area (Å²) >= 11 is 16.1. The van der Waals surface area contributed by atoms with Crippen molar-refractivity contribution in [2.24, 2.45) is 5.10 Å². The van der Waals surface area contributed by atoms with Gasteiger partial charge in [-0.2, -0.15) is 9.78 Å². The quantitative estimate of drug-likeness (QED) is 0.215. The maximum absolute atomic E-state index is 13.8. The van der Waals surface area contributed by atoms with Crippen LogP contribution >= 0.6 is 39.1 Å². The molecule has 3 aromatic carbocycles. The molecule has 0 radical (unpaired) electrons. The van der Waals surface area contributed by atoms with E-state index in [1.807, 2.05) is 19.9 Å². The predicted molar refractivity (Wildman–Crippen MR) is 152 cm³/mol. The lowest BCUT2D eigenvalue weighted by Crippen LogP contribution is -2.23. The van der Waals surface area contributed by atoms with Gasteiger partial charge in [0.1, 0.15) is 11.6 Å². The van der Waals surface area contributed by atoms with Crippen LogP contribution in [0, 0.1) is 5.82 Å². The summed E-state index contributed by atoms with van der Waals surface area (Å²) in [5, 5.41) is 7.52. The van der Waals surface area contributed by atoms with Gasteiger partial charge in [0, 0.05) is 10.4 Å². The zero-order chi connectivity index (χ0) is 27.4.